The summed E-state index contributed by atoms with van der Waals surface area (Å²) < 4.78 is 0. The van der Waals surface area contributed by atoms with E-state index in [1.807, 2.05) is 0 Å². The largest absolute Gasteiger partial charge is 0.378 e. The van der Waals surface area contributed by atoms with E-state index in [9.17, 15) is 5.11 Å². The van der Waals surface area contributed by atoms with Gasteiger partial charge < -0.3 is 5.11 Å². The van der Waals surface area contributed by atoms with E-state index in [1.54, 1.807) is 16.7 Å². The molecule has 1 unspecified atom stereocenters. The molecule has 1 saturated heterocycles. The van der Waals surface area contributed by atoms with Crippen LogP contribution in [0.2, 0.25) is 0 Å². The number of benzene rings is 1. The summed E-state index contributed by atoms with van der Waals surface area (Å²) in [5.74, 6) is 0. The van der Waals surface area contributed by atoms with Gasteiger partial charge in [-0.2, -0.15) is 0 Å². The average molecular weight is 287 g/mol. The van der Waals surface area contributed by atoms with Crippen LogP contribution in [0.15, 0.2) is 18.2 Å². The Balaban J connectivity index is 1.45. The molecular formula is C19H29NO. The molecule has 1 heterocycles. The van der Waals surface area contributed by atoms with Crippen molar-refractivity contribution in [2.45, 2.75) is 70.4 Å². The molecule has 0 aromatic heterocycles. The molecule has 0 radical (unpaired) electrons. The fraction of sp³-hybridized carbons (Fsp3) is 0.684. The number of aryl methyl sites for hydroxylation is 2. The molecule has 1 aromatic carbocycles. The van der Waals surface area contributed by atoms with Crippen LogP contribution in [0, 0.1) is 0 Å². The maximum Gasteiger partial charge on any atom is 0.107 e. The number of rotatable bonds is 6. The van der Waals surface area contributed by atoms with Gasteiger partial charge in [0.1, 0.15) is 6.23 Å². The molecule has 0 saturated carbocycles. The highest BCUT2D eigenvalue weighted by atomic mass is 16.3. The summed E-state index contributed by atoms with van der Waals surface area (Å²) in [6.45, 7) is 2.18. The van der Waals surface area contributed by atoms with Gasteiger partial charge in [0.2, 0.25) is 0 Å². The summed E-state index contributed by atoms with van der Waals surface area (Å²) in [4.78, 5) is 2.24. The molecule has 0 bridgehead atoms. The quantitative estimate of drug-likeness (QED) is 0.807. The fourth-order valence-corrected chi connectivity index (χ4v) is 3.96. The minimum Gasteiger partial charge on any atom is -0.378 e. The monoisotopic (exact) mass is 287 g/mol. The first-order valence-electron chi connectivity index (χ1n) is 8.86. The maximum absolute atomic E-state index is 10.2. The lowest BCUT2D eigenvalue weighted by Gasteiger charge is -2.22. The van der Waals surface area contributed by atoms with Gasteiger partial charge in [0.05, 0.1) is 0 Å². The molecule has 0 spiro atoms. The Hall–Kier alpha value is -0.860. The SMILES string of the molecule is OC(CCCCc1cccc2c1CCCC2)N1CCCC1. The van der Waals surface area contributed by atoms with E-state index >= 15 is 0 Å². The van der Waals surface area contributed by atoms with Crippen molar-refractivity contribution < 1.29 is 5.11 Å². The number of aliphatic hydroxyl groups is 1. The number of likely N-dealkylation sites (tertiary alicyclic amines) is 1. The standard InChI is InChI=1S/C19H29NO/c21-19(20-14-5-6-15-20)13-4-2-9-17-11-7-10-16-8-1-3-12-18(16)17/h7,10-11,19,21H,1-6,8-9,12-15H2. The van der Waals surface area contributed by atoms with Crippen LogP contribution < -0.4 is 0 Å². The second kappa shape index (κ2) is 7.42. The zero-order valence-corrected chi connectivity index (χ0v) is 13.2. The highest BCUT2D eigenvalue weighted by molar-refractivity contribution is 5.37. The van der Waals surface area contributed by atoms with Crippen molar-refractivity contribution in [3.63, 3.8) is 0 Å². The van der Waals surface area contributed by atoms with E-state index in [1.165, 1.54) is 51.4 Å². The second-order valence-corrected chi connectivity index (χ2v) is 6.73. The van der Waals surface area contributed by atoms with E-state index in [0.29, 0.717) is 0 Å². The molecule has 1 N–H and O–H groups in total. The number of hydrogen-bond donors (Lipinski definition) is 1. The molecule has 0 amide bonds. The first-order chi connectivity index (χ1) is 10.3. The predicted molar refractivity (Wildman–Crippen MR) is 87.5 cm³/mol. The summed E-state index contributed by atoms with van der Waals surface area (Å²) in [6.07, 6.45) is 12.1. The number of aliphatic hydroxyl groups excluding tert-OH is 1. The zero-order valence-electron chi connectivity index (χ0n) is 13.2. The lowest BCUT2D eigenvalue weighted by Crippen LogP contribution is -2.32. The Bertz CT molecular complexity index is 451. The Morgan fingerprint density at radius 1 is 1.00 bits per heavy atom. The summed E-state index contributed by atoms with van der Waals surface area (Å²) in [6, 6.07) is 6.87. The molecule has 1 fully saturated rings. The second-order valence-electron chi connectivity index (χ2n) is 6.73. The number of hydrogen-bond acceptors (Lipinski definition) is 2. The van der Waals surface area contributed by atoms with Gasteiger partial charge in [0.25, 0.3) is 0 Å². The molecule has 2 aliphatic rings. The summed E-state index contributed by atoms with van der Waals surface area (Å²) >= 11 is 0. The number of unbranched alkanes of at least 4 members (excludes halogenated alkanes) is 1. The highest BCUT2D eigenvalue weighted by Crippen LogP contribution is 2.25. The lowest BCUT2D eigenvalue weighted by atomic mass is 9.86. The highest BCUT2D eigenvalue weighted by Gasteiger charge is 2.19. The van der Waals surface area contributed by atoms with Crippen LogP contribution in [0.1, 0.15) is 61.6 Å². The van der Waals surface area contributed by atoms with E-state index in [-0.39, 0.29) is 6.23 Å². The number of nitrogens with zero attached hydrogens (tertiary/aromatic N) is 1. The van der Waals surface area contributed by atoms with Gasteiger partial charge in [-0.15, -0.1) is 0 Å². The summed E-state index contributed by atoms with van der Waals surface area (Å²) in [5.41, 5.74) is 4.81. The van der Waals surface area contributed by atoms with Crippen LogP contribution >= 0.6 is 0 Å². The van der Waals surface area contributed by atoms with Crippen LogP contribution in [-0.2, 0) is 19.3 Å². The third-order valence-corrected chi connectivity index (χ3v) is 5.21. The van der Waals surface area contributed by atoms with Crippen molar-refractivity contribution in [3.8, 4) is 0 Å². The van der Waals surface area contributed by atoms with Crippen molar-refractivity contribution in [1.29, 1.82) is 0 Å². The van der Waals surface area contributed by atoms with Crippen molar-refractivity contribution in [2.24, 2.45) is 0 Å². The van der Waals surface area contributed by atoms with Crippen LogP contribution in [0.4, 0.5) is 0 Å². The Morgan fingerprint density at radius 2 is 1.81 bits per heavy atom. The zero-order chi connectivity index (χ0) is 14.5. The fourth-order valence-electron chi connectivity index (χ4n) is 3.96. The first kappa shape index (κ1) is 15.1. The van der Waals surface area contributed by atoms with Crippen molar-refractivity contribution in [3.05, 3.63) is 34.9 Å². The van der Waals surface area contributed by atoms with Crippen LogP contribution in [0.25, 0.3) is 0 Å². The molecule has 21 heavy (non-hydrogen) atoms. The smallest absolute Gasteiger partial charge is 0.107 e. The molecule has 1 atom stereocenters. The normalized spacial score (nSPS) is 20.4. The summed E-state index contributed by atoms with van der Waals surface area (Å²) in [7, 11) is 0. The lowest BCUT2D eigenvalue weighted by molar-refractivity contribution is 0.0123. The van der Waals surface area contributed by atoms with Crippen LogP contribution in [0.5, 0.6) is 0 Å². The minimum atomic E-state index is -0.197. The topological polar surface area (TPSA) is 23.5 Å². The van der Waals surface area contributed by atoms with Crippen LogP contribution in [-0.4, -0.2) is 29.3 Å². The van der Waals surface area contributed by atoms with E-state index in [2.05, 4.69) is 23.1 Å². The van der Waals surface area contributed by atoms with Crippen molar-refractivity contribution in [1.82, 2.24) is 4.90 Å². The number of fused-ring (bicyclic) bond motifs is 1. The Morgan fingerprint density at radius 3 is 2.67 bits per heavy atom. The molecule has 116 valence electrons. The predicted octanol–water partition coefficient (Wildman–Crippen LogP) is 3.69. The Kier molecular flexibility index (Phi) is 5.32. The van der Waals surface area contributed by atoms with Crippen molar-refractivity contribution >= 4 is 0 Å². The van der Waals surface area contributed by atoms with Gasteiger partial charge >= 0.3 is 0 Å². The minimum absolute atomic E-state index is 0.197. The molecular weight excluding hydrogens is 258 g/mol. The van der Waals surface area contributed by atoms with E-state index in [4.69, 9.17) is 0 Å². The molecule has 3 rings (SSSR count). The van der Waals surface area contributed by atoms with Gasteiger partial charge in [0, 0.05) is 13.1 Å². The van der Waals surface area contributed by atoms with E-state index in [0.717, 1.165) is 25.9 Å². The third kappa shape index (κ3) is 3.87. The van der Waals surface area contributed by atoms with Gasteiger partial charge in [-0.3, -0.25) is 4.90 Å². The van der Waals surface area contributed by atoms with Crippen LogP contribution in [0.3, 0.4) is 0 Å². The van der Waals surface area contributed by atoms with Crippen molar-refractivity contribution in [2.75, 3.05) is 13.1 Å². The first-order valence-corrected chi connectivity index (χ1v) is 8.86. The molecule has 1 aliphatic carbocycles. The van der Waals surface area contributed by atoms with E-state index < -0.39 is 0 Å². The Labute approximate surface area is 129 Å². The average Bonchev–Trinajstić information content (AvgIpc) is 3.06. The molecule has 1 aromatic rings. The van der Waals surface area contributed by atoms with Gasteiger partial charge in [-0.25, -0.2) is 0 Å². The summed E-state index contributed by atoms with van der Waals surface area (Å²) in [5, 5.41) is 10.2. The third-order valence-electron chi connectivity index (χ3n) is 5.21. The molecule has 2 nitrogen and oxygen atoms in total. The molecule has 1 aliphatic heterocycles. The van der Waals surface area contributed by atoms with Gasteiger partial charge in [-0.05, 0) is 80.9 Å². The molecule has 2 heteroatoms. The van der Waals surface area contributed by atoms with Gasteiger partial charge in [-0.1, -0.05) is 18.2 Å². The van der Waals surface area contributed by atoms with Gasteiger partial charge in [0.15, 0.2) is 0 Å². The maximum atomic E-state index is 10.2.